The van der Waals surface area contributed by atoms with Gasteiger partial charge in [-0.15, -0.1) is 12.9 Å². The molecule has 8 aromatic carbocycles. The van der Waals surface area contributed by atoms with Crippen LogP contribution in [0.15, 0.2) is 263 Å². The highest BCUT2D eigenvalue weighted by molar-refractivity contribution is 7.87. The number of ether oxygens (including phenoxy) is 10. The first-order chi connectivity index (χ1) is 63.0. The maximum Gasteiger partial charge on any atom is 1.00 e. The molecule has 720 valence electrons. The number of aliphatic imine (C=N–C) groups is 1. The van der Waals surface area contributed by atoms with Crippen LogP contribution >= 0.6 is 0 Å². The second kappa shape index (κ2) is 60.2. The smallest absolute Gasteiger partial charge is 0.464 e. The summed E-state index contributed by atoms with van der Waals surface area (Å²) in [7, 11) is -11.3. The summed E-state index contributed by atoms with van der Waals surface area (Å²) in [4.78, 5) is 118. The minimum Gasteiger partial charge on any atom is -0.464 e. The third kappa shape index (κ3) is 49.8. The van der Waals surface area contributed by atoms with E-state index in [1.807, 2.05) is 127 Å². The number of benzene rings is 8. The van der Waals surface area contributed by atoms with Crippen molar-refractivity contribution in [2.45, 2.75) is 0 Å². The Bertz CT molecular complexity index is 5720. The summed E-state index contributed by atoms with van der Waals surface area (Å²) in [5.41, 5.74) is 3.70. The minimum atomic E-state index is -3.91. The van der Waals surface area contributed by atoms with Crippen LogP contribution in [0.5, 0.6) is 0 Å². The number of rotatable bonds is 30. The van der Waals surface area contributed by atoms with Crippen LogP contribution in [0.4, 0.5) is 11.4 Å². The first kappa shape index (κ1) is 116. The highest BCUT2D eigenvalue weighted by Crippen LogP contribution is 2.15. The maximum absolute atomic E-state index is 11.4. The van der Waals surface area contributed by atoms with Crippen LogP contribution in [0.3, 0.4) is 0 Å². The summed E-state index contributed by atoms with van der Waals surface area (Å²) in [6.45, 7) is 0. The van der Waals surface area contributed by atoms with Gasteiger partial charge in [-0.2, -0.15) is 55.5 Å². The van der Waals surface area contributed by atoms with Crippen molar-refractivity contribution >= 4 is 177 Å². The first-order valence-electron chi connectivity index (χ1n) is 36.4. The van der Waals surface area contributed by atoms with Crippen molar-refractivity contribution in [2.24, 2.45) is 20.5 Å². The summed E-state index contributed by atoms with van der Waals surface area (Å²) in [5, 5.41) is 16.1. The Morgan fingerprint density at radius 1 is 0.254 bits per heavy atom. The quantitative estimate of drug-likeness (QED) is 0.0127. The van der Waals surface area contributed by atoms with E-state index in [1.165, 1.54) is 42.7 Å². The zero-order valence-corrected chi connectivity index (χ0v) is 78.7. The van der Waals surface area contributed by atoms with E-state index in [4.69, 9.17) is 0 Å². The number of hydrogen-bond donors (Lipinski definition) is 4. The number of oxime groups is 3. The zero-order valence-electron chi connectivity index (χ0n) is 77.8. The molecule has 134 heavy (non-hydrogen) atoms. The summed E-state index contributed by atoms with van der Waals surface area (Å²) in [6.07, 6.45) is 5.07. The molecule has 0 amide bonds. The van der Waals surface area contributed by atoms with Crippen molar-refractivity contribution in [3.8, 4) is 0 Å². The molecule has 0 aliphatic heterocycles. The minimum absolute atomic E-state index is 0. The van der Waals surface area contributed by atoms with Crippen LogP contribution in [-0.4, -0.2) is 265 Å². The highest BCUT2D eigenvalue weighted by Gasteiger charge is 2.33. The molecular weight excluding hydrogens is 1900 g/mol. The van der Waals surface area contributed by atoms with Crippen molar-refractivity contribution in [1.29, 1.82) is 0 Å². The van der Waals surface area contributed by atoms with Gasteiger partial charge in [-0.05, 0) is 64.0 Å². The third-order valence-electron chi connectivity index (χ3n) is 13.9. The van der Waals surface area contributed by atoms with Gasteiger partial charge in [-0.1, -0.05) is 192 Å². The van der Waals surface area contributed by atoms with Gasteiger partial charge in [0.2, 0.25) is 11.4 Å². The number of hydrogen-bond acceptors (Lipinski definition) is 42. The maximum atomic E-state index is 11.4. The fourth-order valence-corrected chi connectivity index (χ4v) is 9.56. The van der Waals surface area contributed by atoms with E-state index < -0.39 is 132 Å². The molecular formula is C82H96N8O38S6+8. The second-order valence-corrected chi connectivity index (χ2v) is 33.6. The largest absolute Gasteiger partial charge is 1.00 e. The van der Waals surface area contributed by atoms with E-state index >= 15 is 0 Å². The van der Waals surface area contributed by atoms with E-state index in [-0.39, 0.29) is 28.6 Å². The van der Waals surface area contributed by atoms with Gasteiger partial charge in [0.05, 0.1) is 131 Å². The summed E-state index contributed by atoms with van der Waals surface area (Å²) < 4.78 is 199. The van der Waals surface area contributed by atoms with Gasteiger partial charge < -0.3 is 47.4 Å². The van der Waals surface area contributed by atoms with Crippen LogP contribution < -0.4 is 20.5 Å². The molecule has 8 aromatic rings. The molecule has 46 nitrogen and oxygen atoms in total. The lowest BCUT2D eigenvalue weighted by Crippen LogP contribution is -2.76. The monoisotopic (exact) mass is 1990 g/mol. The molecule has 0 atom stereocenters. The van der Waals surface area contributed by atoms with E-state index in [1.54, 1.807) is 120 Å². The number of esters is 10. The van der Waals surface area contributed by atoms with Crippen molar-refractivity contribution < 1.29 is 198 Å². The molecule has 0 heterocycles. The Kier molecular flexibility index (Phi) is 52.3. The molecule has 52 heteroatoms. The van der Waals surface area contributed by atoms with Gasteiger partial charge in [0.1, 0.15) is 5.71 Å². The van der Waals surface area contributed by atoms with Gasteiger partial charge in [-0.25, -0.2) is 52.9 Å². The van der Waals surface area contributed by atoms with Crippen LogP contribution in [0.2, 0.25) is 0 Å². The van der Waals surface area contributed by atoms with Crippen LogP contribution in [-0.2, 0) is 182 Å². The number of para-hydroxylation sites is 2. The van der Waals surface area contributed by atoms with Gasteiger partial charge in [0, 0.05) is 34.0 Å². The summed E-state index contributed by atoms with van der Waals surface area (Å²) in [5.74, 6) is -9.22. The number of carbonyl (C=O) groups is 10. The Morgan fingerprint density at radius 3 is 0.851 bits per heavy atom. The molecule has 0 spiro atoms. The Balaban J connectivity index is -0.000000742. The van der Waals surface area contributed by atoms with Crippen molar-refractivity contribution in [1.82, 2.24) is 0 Å². The molecule has 0 fully saturated rings. The van der Waals surface area contributed by atoms with E-state index in [9.17, 15) is 98.5 Å². The number of nitrogens with zero attached hydrogens (tertiary/aromatic N) is 4. The molecule has 0 bridgehead atoms. The van der Waals surface area contributed by atoms with Crippen molar-refractivity contribution in [2.75, 3.05) is 109 Å². The Morgan fingerprint density at radius 2 is 0.522 bits per heavy atom. The second-order valence-electron chi connectivity index (χ2n) is 24.2. The van der Waals surface area contributed by atoms with Gasteiger partial charge in [0.15, 0.2) is 5.71 Å². The van der Waals surface area contributed by atoms with Crippen LogP contribution in [0.25, 0.3) is 0 Å². The van der Waals surface area contributed by atoms with Crippen molar-refractivity contribution in [3.05, 3.63) is 276 Å². The molecule has 0 saturated heterocycles. The lowest BCUT2D eigenvalue weighted by Gasteiger charge is -2.06. The molecule has 0 unspecified atom stereocenters. The first-order valence-corrected chi connectivity index (χ1v) is 47.3. The lowest BCUT2D eigenvalue weighted by molar-refractivity contribution is -0.703. The van der Waals surface area contributed by atoms with Crippen molar-refractivity contribution in [3.63, 3.8) is 0 Å². The van der Waals surface area contributed by atoms with Gasteiger partial charge in [0.25, 0.3) is 11.4 Å². The van der Waals surface area contributed by atoms with E-state index in [0.717, 1.165) is 82.0 Å². The SMILES string of the molecule is COC(=O)/C(=N/OS(C)(=O)=O)c1ccccc1.COC(=O)/C(=[NH+]/OS(C)(=O)=O)c1ccccc1.COC(=O)C(=NOS(C)(=O)=O)C(=O)OC.COC(=O)C(=Nc1ccccc1)C(=O)OC.COC(=O)C(=[NH+]OS(C)(=O)=O)C(=O)OC.COC(=O)C(=[NH+]c1ccccc1)C(=O)OC.CS(=O)(=O)ON=C(c1ccccc1)c1ccccc1.CS(=O)(=O)O[NH+]=C(c1ccccc1)c1ccccc1.[H+].[H+].[H+].[H+]. The third-order valence-corrected chi connectivity index (χ3v) is 16.1. The fraction of sp³-hybridized carbons (Fsp3) is 0.195. The fourth-order valence-electron chi connectivity index (χ4n) is 8.23. The molecule has 0 saturated carbocycles. The molecule has 0 aromatic heterocycles. The van der Waals surface area contributed by atoms with Gasteiger partial charge >= 0.3 is 143 Å². The standard InChI is InChI=1S/2C14H13NO3S.2C11H11NO4.2C10H11NO5S.2C6H9NO7S/c2*1-19(16,17)18-15-14(12-8-4-2-5-9-12)13-10-6-3-7-11-13;2*1-15-10(13)9(11(14)16-2)12-8-6-4-3-5-7-8;2*1-15-10(12)9(11-16-17(2,13)14)8-6-4-3-5-7-8;2*1-12-5(8)4(6(9)13-2)7-14-15(3,10)11/h2*2-11H,1H3;2*3-7H,1-2H3;2*3-7H,1-2H3;2*1-3H3/p+8/b;;;;2*11-9+;;. The number of nitrogens with one attached hydrogen (secondary N) is 4. The molecule has 0 aliphatic carbocycles. The zero-order chi connectivity index (χ0) is 101. The molecule has 8 rings (SSSR count). The Labute approximate surface area is 776 Å². The lowest BCUT2D eigenvalue weighted by atomic mass is 10.0. The Hall–Kier alpha value is -15.7. The van der Waals surface area contributed by atoms with E-state index in [2.05, 4.69) is 109 Å². The molecule has 0 aliphatic rings. The predicted octanol–water partition coefficient (Wildman–Crippen LogP) is -1.78. The predicted molar refractivity (Wildman–Crippen MR) is 479 cm³/mol. The topological polar surface area (TPSA) is 629 Å². The highest BCUT2D eigenvalue weighted by atomic mass is 32.2. The van der Waals surface area contributed by atoms with E-state index in [0.29, 0.717) is 40.2 Å². The summed E-state index contributed by atoms with van der Waals surface area (Å²) >= 11 is 0. The number of carbonyl (C=O) groups excluding carboxylic acids is 10. The molecule has 4 N–H and O–H groups in total. The normalized spacial score (nSPS) is 10.5. The van der Waals surface area contributed by atoms with Gasteiger partial charge in [-0.3, -0.25) is 12.9 Å². The molecule has 0 radical (unpaired) electrons. The van der Waals surface area contributed by atoms with Crippen LogP contribution in [0, 0.1) is 0 Å². The average molecular weight is 1990 g/mol. The summed E-state index contributed by atoms with van der Waals surface area (Å²) in [6, 6.07) is 71.4. The average Bonchev–Trinajstić information content (AvgIpc) is 0.840. The number of methoxy groups -OCH3 is 10. The van der Waals surface area contributed by atoms with Crippen LogP contribution in [0.1, 0.15) is 39.1 Å².